The minimum Gasteiger partial charge on any atom is -0.353 e. The Labute approximate surface area is 222 Å². The topological polar surface area (TPSA) is 78.7 Å². The largest absolute Gasteiger partial charge is 0.353 e. The van der Waals surface area contributed by atoms with Crippen molar-refractivity contribution in [2.75, 3.05) is 32.7 Å². The lowest BCUT2D eigenvalue weighted by molar-refractivity contribution is -0.127. The molecule has 0 spiro atoms. The van der Waals surface area contributed by atoms with Crippen LogP contribution in [0.25, 0.3) is 0 Å². The Morgan fingerprint density at radius 3 is 2.43 bits per heavy atom. The van der Waals surface area contributed by atoms with Crippen LogP contribution < -0.4 is 11.1 Å². The predicted octanol–water partition coefficient (Wildman–Crippen LogP) is 4.17. The first kappa shape index (κ1) is 27.3. The number of carbonyl (C=O) groups excluding carboxylic acids is 2. The molecule has 0 aromatic heterocycles. The van der Waals surface area contributed by atoms with Crippen molar-refractivity contribution in [3.63, 3.8) is 0 Å². The maximum absolute atomic E-state index is 13.5. The van der Waals surface area contributed by atoms with Crippen LogP contribution in [0.1, 0.15) is 66.4 Å². The number of nitrogens with zero attached hydrogens (tertiary/aromatic N) is 2. The summed E-state index contributed by atoms with van der Waals surface area (Å²) in [5, 5.41) is 2.97. The molecule has 6 heteroatoms. The first-order valence-electron chi connectivity index (χ1n) is 14.2. The number of nitrogens with one attached hydrogen (secondary N) is 1. The first-order chi connectivity index (χ1) is 18.0. The van der Waals surface area contributed by atoms with Gasteiger partial charge in [-0.05, 0) is 62.6 Å². The van der Waals surface area contributed by atoms with Crippen molar-refractivity contribution in [2.45, 2.75) is 70.4 Å². The number of likely N-dealkylation sites (tertiary alicyclic amines) is 1. The van der Waals surface area contributed by atoms with Gasteiger partial charge in [-0.2, -0.15) is 0 Å². The first-order valence-corrected chi connectivity index (χ1v) is 14.2. The molecule has 4 rings (SSSR count). The monoisotopic (exact) mass is 504 g/mol. The Balaban J connectivity index is 1.51. The molecule has 2 aromatic rings. The minimum atomic E-state index is -0.482. The second-order valence-corrected chi connectivity index (χ2v) is 10.9. The van der Waals surface area contributed by atoms with Gasteiger partial charge in [-0.1, -0.05) is 67.3 Å². The van der Waals surface area contributed by atoms with E-state index in [2.05, 4.69) is 40.5 Å². The van der Waals surface area contributed by atoms with Crippen molar-refractivity contribution in [3.8, 4) is 0 Å². The zero-order chi connectivity index (χ0) is 26.0. The zero-order valence-corrected chi connectivity index (χ0v) is 22.4. The SMILES string of the molecule is Cc1ccc(C(=O)N2CCC(N(CCc3ccccc3)CC3CCCCC3)C[C@@H]2C(=O)NCCN)cc1. The lowest BCUT2D eigenvalue weighted by Gasteiger charge is -2.44. The molecular weight excluding hydrogens is 460 g/mol. The molecule has 2 atom stereocenters. The van der Waals surface area contributed by atoms with Crippen molar-refractivity contribution in [1.29, 1.82) is 0 Å². The number of hydrogen-bond donors (Lipinski definition) is 2. The molecule has 0 bridgehead atoms. The van der Waals surface area contributed by atoms with Crippen molar-refractivity contribution in [2.24, 2.45) is 11.7 Å². The van der Waals surface area contributed by atoms with Gasteiger partial charge in [0.1, 0.15) is 6.04 Å². The molecule has 37 heavy (non-hydrogen) atoms. The molecule has 3 N–H and O–H groups in total. The summed E-state index contributed by atoms with van der Waals surface area (Å²) in [6, 6.07) is 18.1. The van der Waals surface area contributed by atoms with Gasteiger partial charge in [-0.3, -0.25) is 14.5 Å². The molecule has 0 radical (unpaired) electrons. The van der Waals surface area contributed by atoms with Gasteiger partial charge >= 0.3 is 0 Å². The summed E-state index contributed by atoms with van der Waals surface area (Å²) in [5.74, 6) is 0.576. The standard InChI is InChI=1S/C31H44N4O2/c1-24-12-14-27(15-13-24)31(37)35-21-17-28(22-29(35)30(36)33-19-18-32)34(23-26-10-6-3-7-11-26)20-16-25-8-4-2-5-9-25/h2,4-5,8-9,12-15,26,28-29H,3,6-7,10-11,16-23,32H2,1H3,(H,33,36)/t28?,29-/m1/s1. The normalized spacial score (nSPS) is 20.7. The molecule has 1 unspecified atom stereocenters. The van der Waals surface area contributed by atoms with E-state index in [4.69, 9.17) is 5.73 Å². The highest BCUT2D eigenvalue weighted by Gasteiger charge is 2.38. The number of aryl methyl sites for hydroxylation is 1. The Morgan fingerprint density at radius 2 is 1.73 bits per heavy atom. The van der Waals surface area contributed by atoms with E-state index < -0.39 is 6.04 Å². The molecule has 2 amide bonds. The van der Waals surface area contributed by atoms with Gasteiger partial charge in [0, 0.05) is 44.3 Å². The molecule has 1 saturated heterocycles. The molecule has 2 aromatic carbocycles. The van der Waals surface area contributed by atoms with Crippen molar-refractivity contribution in [3.05, 3.63) is 71.3 Å². The summed E-state index contributed by atoms with van der Waals surface area (Å²) < 4.78 is 0. The summed E-state index contributed by atoms with van der Waals surface area (Å²) in [6.07, 6.45) is 9.15. The number of rotatable bonds is 10. The fourth-order valence-electron chi connectivity index (χ4n) is 5.99. The van der Waals surface area contributed by atoms with E-state index in [1.165, 1.54) is 37.7 Å². The highest BCUT2D eigenvalue weighted by Crippen LogP contribution is 2.29. The maximum Gasteiger partial charge on any atom is 0.254 e. The van der Waals surface area contributed by atoms with Gasteiger partial charge in [-0.15, -0.1) is 0 Å². The van der Waals surface area contributed by atoms with Gasteiger partial charge < -0.3 is 16.0 Å². The summed E-state index contributed by atoms with van der Waals surface area (Å²) in [7, 11) is 0. The third-order valence-corrected chi connectivity index (χ3v) is 8.14. The number of carbonyl (C=O) groups is 2. The average Bonchev–Trinajstić information content (AvgIpc) is 2.95. The highest BCUT2D eigenvalue weighted by molar-refractivity contribution is 5.97. The molecule has 1 aliphatic carbocycles. The Hall–Kier alpha value is -2.70. The molecule has 200 valence electrons. The Bertz CT molecular complexity index is 988. The van der Waals surface area contributed by atoms with E-state index >= 15 is 0 Å². The summed E-state index contributed by atoms with van der Waals surface area (Å²) in [4.78, 5) is 31.3. The molecule has 1 aliphatic heterocycles. The fourth-order valence-corrected chi connectivity index (χ4v) is 5.99. The highest BCUT2D eigenvalue weighted by atomic mass is 16.2. The lowest BCUT2D eigenvalue weighted by atomic mass is 9.87. The van der Waals surface area contributed by atoms with Crippen LogP contribution in [0.3, 0.4) is 0 Å². The third kappa shape index (κ3) is 7.65. The maximum atomic E-state index is 13.5. The number of hydrogen-bond acceptors (Lipinski definition) is 4. The van der Waals surface area contributed by atoms with Crippen LogP contribution in [0.4, 0.5) is 0 Å². The van der Waals surface area contributed by atoms with Crippen LogP contribution >= 0.6 is 0 Å². The molecular formula is C31H44N4O2. The van der Waals surface area contributed by atoms with Gasteiger partial charge in [0.25, 0.3) is 5.91 Å². The predicted molar refractivity (Wildman–Crippen MR) is 149 cm³/mol. The summed E-state index contributed by atoms with van der Waals surface area (Å²) in [6.45, 7) is 5.48. The van der Waals surface area contributed by atoms with Crippen LogP contribution in [-0.4, -0.2) is 66.4 Å². The number of amides is 2. The van der Waals surface area contributed by atoms with Crippen molar-refractivity contribution < 1.29 is 9.59 Å². The second kappa shape index (κ2) is 13.7. The van der Waals surface area contributed by atoms with E-state index in [-0.39, 0.29) is 17.9 Å². The number of piperidine rings is 1. The number of nitrogens with two attached hydrogens (primary N) is 1. The van der Waals surface area contributed by atoms with Crippen LogP contribution in [0.2, 0.25) is 0 Å². The molecule has 2 aliphatic rings. The molecule has 1 heterocycles. The van der Waals surface area contributed by atoms with Crippen LogP contribution in [0.15, 0.2) is 54.6 Å². The third-order valence-electron chi connectivity index (χ3n) is 8.14. The zero-order valence-electron chi connectivity index (χ0n) is 22.4. The second-order valence-electron chi connectivity index (χ2n) is 10.9. The van der Waals surface area contributed by atoms with Gasteiger partial charge in [-0.25, -0.2) is 0 Å². The minimum absolute atomic E-state index is 0.0607. The average molecular weight is 505 g/mol. The van der Waals surface area contributed by atoms with Crippen molar-refractivity contribution in [1.82, 2.24) is 15.1 Å². The van der Waals surface area contributed by atoms with Crippen LogP contribution in [-0.2, 0) is 11.2 Å². The number of benzene rings is 2. The van der Waals surface area contributed by atoms with E-state index in [9.17, 15) is 9.59 Å². The van der Waals surface area contributed by atoms with Crippen molar-refractivity contribution >= 4 is 11.8 Å². The van der Waals surface area contributed by atoms with E-state index in [1.807, 2.05) is 31.2 Å². The van der Waals surface area contributed by atoms with Crippen LogP contribution in [0, 0.1) is 12.8 Å². The van der Waals surface area contributed by atoms with Gasteiger partial charge in [0.15, 0.2) is 0 Å². The fraction of sp³-hybridized carbons (Fsp3) is 0.548. The Morgan fingerprint density at radius 1 is 1.00 bits per heavy atom. The van der Waals surface area contributed by atoms with Crippen LogP contribution in [0.5, 0.6) is 0 Å². The van der Waals surface area contributed by atoms with E-state index in [0.717, 1.165) is 37.4 Å². The molecule has 6 nitrogen and oxygen atoms in total. The lowest BCUT2D eigenvalue weighted by Crippen LogP contribution is -2.58. The smallest absolute Gasteiger partial charge is 0.254 e. The quantitative estimate of drug-likeness (QED) is 0.509. The van der Waals surface area contributed by atoms with E-state index in [1.54, 1.807) is 4.90 Å². The van der Waals surface area contributed by atoms with Gasteiger partial charge in [0.2, 0.25) is 5.91 Å². The summed E-state index contributed by atoms with van der Waals surface area (Å²) in [5.41, 5.74) is 8.78. The summed E-state index contributed by atoms with van der Waals surface area (Å²) >= 11 is 0. The Kier molecular flexibility index (Phi) is 10.1. The van der Waals surface area contributed by atoms with E-state index in [0.29, 0.717) is 31.6 Å². The molecule has 1 saturated carbocycles. The molecule has 2 fully saturated rings. The van der Waals surface area contributed by atoms with Gasteiger partial charge in [0.05, 0.1) is 0 Å².